The molecule has 0 bridgehead atoms. The van der Waals surface area contributed by atoms with Gasteiger partial charge in [-0.15, -0.1) is 0 Å². The van der Waals surface area contributed by atoms with Crippen LogP contribution in [-0.4, -0.2) is 9.97 Å². The van der Waals surface area contributed by atoms with Crippen LogP contribution in [0.25, 0.3) is 0 Å². The van der Waals surface area contributed by atoms with Gasteiger partial charge in [0.05, 0.1) is 5.69 Å². The number of benzene rings is 1. The topological polar surface area (TPSA) is 51.8 Å². The monoisotopic (exact) mass is 227 g/mol. The van der Waals surface area contributed by atoms with Crippen molar-refractivity contribution < 1.29 is 0 Å². The van der Waals surface area contributed by atoms with E-state index >= 15 is 0 Å². The van der Waals surface area contributed by atoms with Crippen molar-refractivity contribution in [3.63, 3.8) is 0 Å². The van der Waals surface area contributed by atoms with Gasteiger partial charge in [-0.05, 0) is 31.4 Å². The Kier molecular flexibility index (Phi) is 3.83. The third kappa shape index (κ3) is 3.36. The Morgan fingerprint density at radius 1 is 1.18 bits per heavy atom. The number of hydrogen-bond acceptors (Lipinski definition) is 3. The first-order chi connectivity index (χ1) is 8.25. The molecule has 1 atom stereocenters. The molecule has 0 radical (unpaired) electrons. The minimum absolute atomic E-state index is 0.0168. The van der Waals surface area contributed by atoms with Gasteiger partial charge in [0.15, 0.2) is 0 Å². The zero-order valence-electron chi connectivity index (χ0n) is 10.0. The van der Waals surface area contributed by atoms with Crippen molar-refractivity contribution in [2.75, 3.05) is 0 Å². The van der Waals surface area contributed by atoms with Crippen molar-refractivity contribution in [3.05, 3.63) is 59.7 Å². The third-order valence-corrected chi connectivity index (χ3v) is 2.76. The Hall–Kier alpha value is -1.74. The molecule has 1 aromatic heterocycles. The largest absolute Gasteiger partial charge is 0.323 e. The van der Waals surface area contributed by atoms with Gasteiger partial charge < -0.3 is 5.73 Å². The lowest BCUT2D eigenvalue weighted by Crippen LogP contribution is -2.13. The number of rotatable bonds is 4. The molecule has 0 fully saturated rings. The average Bonchev–Trinajstić information content (AvgIpc) is 2.37. The van der Waals surface area contributed by atoms with Crippen LogP contribution in [0.4, 0.5) is 0 Å². The number of aromatic nitrogens is 2. The SMILES string of the molecule is Cc1nccc(C(N)CCc2ccccc2)n1. The van der Waals surface area contributed by atoms with E-state index in [9.17, 15) is 0 Å². The van der Waals surface area contributed by atoms with Crippen molar-refractivity contribution in [2.45, 2.75) is 25.8 Å². The molecule has 0 saturated carbocycles. The molecule has 17 heavy (non-hydrogen) atoms. The van der Waals surface area contributed by atoms with Gasteiger partial charge in [-0.25, -0.2) is 9.97 Å². The van der Waals surface area contributed by atoms with E-state index in [0.29, 0.717) is 0 Å². The molecule has 2 rings (SSSR count). The maximum Gasteiger partial charge on any atom is 0.125 e. The Balaban J connectivity index is 1.96. The molecule has 0 amide bonds. The maximum atomic E-state index is 6.12. The van der Waals surface area contributed by atoms with E-state index in [1.165, 1.54) is 5.56 Å². The predicted octanol–water partition coefficient (Wildman–Crippen LogP) is 2.42. The Morgan fingerprint density at radius 3 is 2.65 bits per heavy atom. The van der Waals surface area contributed by atoms with Gasteiger partial charge in [0.1, 0.15) is 5.82 Å². The second kappa shape index (κ2) is 5.55. The molecule has 0 aliphatic carbocycles. The van der Waals surface area contributed by atoms with Crippen LogP contribution in [0.3, 0.4) is 0 Å². The first-order valence-electron chi connectivity index (χ1n) is 5.85. The van der Waals surface area contributed by atoms with Crippen LogP contribution in [-0.2, 0) is 6.42 Å². The molecule has 3 heteroatoms. The fraction of sp³-hybridized carbons (Fsp3) is 0.286. The summed E-state index contributed by atoms with van der Waals surface area (Å²) in [6.45, 7) is 1.88. The Morgan fingerprint density at radius 2 is 1.94 bits per heavy atom. The minimum Gasteiger partial charge on any atom is -0.323 e. The highest BCUT2D eigenvalue weighted by molar-refractivity contribution is 5.15. The quantitative estimate of drug-likeness (QED) is 0.872. The van der Waals surface area contributed by atoms with Crippen molar-refractivity contribution in [3.8, 4) is 0 Å². The molecule has 1 aromatic carbocycles. The van der Waals surface area contributed by atoms with Crippen LogP contribution >= 0.6 is 0 Å². The van der Waals surface area contributed by atoms with E-state index in [-0.39, 0.29) is 6.04 Å². The van der Waals surface area contributed by atoms with Gasteiger partial charge >= 0.3 is 0 Å². The molecular weight excluding hydrogens is 210 g/mol. The predicted molar refractivity (Wildman–Crippen MR) is 68.5 cm³/mol. The fourth-order valence-corrected chi connectivity index (χ4v) is 1.80. The maximum absolute atomic E-state index is 6.12. The molecule has 0 saturated heterocycles. The van der Waals surface area contributed by atoms with Crippen LogP contribution in [0, 0.1) is 6.92 Å². The summed E-state index contributed by atoms with van der Waals surface area (Å²) in [5.41, 5.74) is 8.36. The van der Waals surface area contributed by atoms with E-state index < -0.39 is 0 Å². The fourth-order valence-electron chi connectivity index (χ4n) is 1.80. The Labute approximate surface area is 102 Å². The van der Waals surface area contributed by atoms with Crippen molar-refractivity contribution >= 4 is 0 Å². The van der Waals surface area contributed by atoms with Crippen LogP contribution in [0.5, 0.6) is 0 Å². The van der Waals surface area contributed by atoms with E-state index in [0.717, 1.165) is 24.4 Å². The lowest BCUT2D eigenvalue weighted by Gasteiger charge is -2.11. The standard InChI is InChI=1S/C14H17N3/c1-11-16-10-9-14(17-11)13(15)8-7-12-5-3-2-4-6-12/h2-6,9-10,13H,7-8,15H2,1H3. The molecule has 0 aliphatic rings. The van der Waals surface area contributed by atoms with Gasteiger partial charge in [-0.3, -0.25) is 0 Å². The number of hydrogen-bond donors (Lipinski definition) is 1. The summed E-state index contributed by atoms with van der Waals surface area (Å²) in [7, 11) is 0. The normalized spacial score (nSPS) is 12.4. The molecule has 1 unspecified atom stereocenters. The summed E-state index contributed by atoms with van der Waals surface area (Å²) in [5, 5.41) is 0. The van der Waals surface area contributed by atoms with Crippen LogP contribution in [0.1, 0.15) is 29.5 Å². The average molecular weight is 227 g/mol. The zero-order valence-corrected chi connectivity index (χ0v) is 10.0. The molecule has 88 valence electrons. The summed E-state index contributed by atoms with van der Waals surface area (Å²) >= 11 is 0. The summed E-state index contributed by atoms with van der Waals surface area (Å²) in [6.07, 6.45) is 3.64. The summed E-state index contributed by atoms with van der Waals surface area (Å²) < 4.78 is 0. The second-order valence-corrected chi connectivity index (χ2v) is 4.16. The van der Waals surface area contributed by atoms with E-state index in [1.54, 1.807) is 6.20 Å². The molecule has 2 aromatic rings. The van der Waals surface area contributed by atoms with Gasteiger partial charge in [0, 0.05) is 12.2 Å². The highest BCUT2D eigenvalue weighted by Gasteiger charge is 2.07. The number of nitrogens with two attached hydrogens (primary N) is 1. The molecule has 1 heterocycles. The first-order valence-corrected chi connectivity index (χ1v) is 5.85. The lowest BCUT2D eigenvalue weighted by molar-refractivity contribution is 0.628. The van der Waals surface area contributed by atoms with Crippen LogP contribution in [0.15, 0.2) is 42.6 Å². The third-order valence-electron chi connectivity index (χ3n) is 2.76. The molecular formula is C14H17N3. The van der Waals surface area contributed by atoms with Crippen LogP contribution < -0.4 is 5.73 Å². The van der Waals surface area contributed by atoms with E-state index in [2.05, 4.69) is 34.2 Å². The molecule has 2 N–H and O–H groups in total. The lowest BCUT2D eigenvalue weighted by atomic mass is 10.0. The highest BCUT2D eigenvalue weighted by Crippen LogP contribution is 2.14. The van der Waals surface area contributed by atoms with Gasteiger partial charge in [0.2, 0.25) is 0 Å². The van der Waals surface area contributed by atoms with Crippen LogP contribution in [0.2, 0.25) is 0 Å². The Bertz CT molecular complexity index is 468. The summed E-state index contributed by atoms with van der Waals surface area (Å²) in [4.78, 5) is 8.42. The van der Waals surface area contributed by atoms with E-state index in [4.69, 9.17) is 5.73 Å². The summed E-state index contributed by atoms with van der Waals surface area (Å²) in [5.74, 6) is 0.776. The molecule has 0 aliphatic heterocycles. The number of aryl methyl sites for hydroxylation is 2. The summed E-state index contributed by atoms with van der Waals surface area (Å²) in [6, 6.07) is 12.2. The molecule has 0 spiro atoms. The zero-order chi connectivity index (χ0) is 12.1. The minimum atomic E-state index is -0.0168. The van der Waals surface area contributed by atoms with Gasteiger partial charge in [-0.1, -0.05) is 30.3 Å². The smallest absolute Gasteiger partial charge is 0.125 e. The second-order valence-electron chi connectivity index (χ2n) is 4.16. The van der Waals surface area contributed by atoms with Gasteiger partial charge in [-0.2, -0.15) is 0 Å². The van der Waals surface area contributed by atoms with Crippen molar-refractivity contribution in [2.24, 2.45) is 5.73 Å². The van der Waals surface area contributed by atoms with Gasteiger partial charge in [0.25, 0.3) is 0 Å². The number of nitrogens with zero attached hydrogens (tertiary/aromatic N) is 2. The highest BCUT2D eigenvalue weighted by atomic mass is 14.9. The van der Waals surface area contributed by atoms with Crippen molar-refractivity contribution in [1.29, 1.82) is 0 Å². The van der Waals surface area contributed by atoms with Crippen molar-refractivity contribution in [1.82, 2.24) is 9.97 Å². The van der Waals surface area contributed by atoms with E-state index in [1.807, 2.05) is 19.1 Å². The first kappa shape index (κ1) is 11.7. The molecule has 3 nitrogen and oxygen atoms in total.